The van der Waals surface area contributed by atoms with E-state index in [2.05, 4.69) is 0 Å². The second kappa shape index (κ2) is 10.1. The first-order valence-corrected chi connectivity index (χ1v) is 10.5. The van der Waals surface area contributed by atoms with E-state index in [1.165, 1.54) is 12.0 Å². The van der Waals surface area contributed by atoms with Gasteiger partial charge >= 0.3 is 0 Å². The van der Waals surface area contributed by atoms with Crippen molar-refractivity contribution < 1.29 is 19.1 Å². The Hall–Kier alpha value is -3.35. The number of aryl methyl sites for hydroxylation is 1. The van der Waals surface area contributed by atoms with Gasteiger partial charge < -0.3 is 14.5 Å². The highest BCUT2D eigenvalue weighted by atomic mass is 16.5. The summed E-state index contributed by atoms with van der Waals surface area (Å²) in [5.41, 5.74) is 2.24. The molecular weight excluding hydrogens is 394 g/mol. The summed E-state index contributed by atoms with van der Waals surface area (Å²) in [7, 11) is 1.52. The van der Waals surface area contributed by atoms with E-state index in [1.807, 2.05) is 38.1 Å². The van der Waals surface area contributed by atoms with Gasteiger partial charge in [-0.05, 0) is 43.2 Å². The van der Waals surface area contributed by atoms with Crippen LogP contribution in [0.1, 0.15) is 35.7 Å². The van der Waals surface area contributed by atoms with Crippen LogP contribution in [0.15, 0.2) is 48.5 Å². The molecule has 2 aromatic carbocycles. The fraction of sp³-hybridized carbons (Fsp3) is 0.375. The number of hydrogen-bond acceptors (Lipinski definition) is 4. The topological polar surface area (TPSA) is 70.2 Å². The van der Waals surface area contributed by atoms with Crippen LogP contribution in [0, 0.1) is 6.92 Å². The fourth-order valence-corrected chi connectivity index (χ4v) is 3.59. The Balaban J connectivity index is 1.73. The molecule has 2 aromatic rings. The number of carbonyl (C=O) groups excluding carboxylic acids is 3. The number of para-hydroxylation sites is 1. The highest BCUT2D eigenvalue weighted by molar-refractivity contribution is 6.02. The van der Waals surface area contributed by atoms with Crippen molar-refractivity contribution in [1.29, 1.82) is 0 Å². The number of unbranched alkanes of at least 4 members (excludes halogenated alkanes) is 1. The second-order valence-electron chi connectivity index (χ2n) is 7.67. The highest BCUT2D eigenvalue weighted by Crippen LogP contribution is 2.22. The first-order valence-electron chi connectivity index (χ1n) is 10.5. The van der Waals surface area contributed by atoms with Crippen molar-refractivity contribution >= 4 is 23.4 Å². The zero-order valence-electron chi connectivity index (χ0n) is 18.3. The second-order valence-corrected chi connectivity index (χ2v) is 7.67. The van der Waals surface area contributed by atoms with Crippen LogP contribution >= 0.6 is 0 Å². The molecule has 0 spiro atoms. The van der Waals surface area contributed by atoms with Gasteiger partial charge in [0.1, 0.15) is 25.5 Å². The lowest BCUT2D eigenvalue weighted by Crippen LogP contribution is -2.43. The van der Waals surface area contributed by atoms with Crippen LogP contribution in [-0.4, -0.2) is 60.9 Å². The number of hydrogen-bond donors (Lipinski definition) is 0. The summed E-state index contributed by atoms with van der Waals surface area (Å²) < 4.78 is 5.32. The standard InChI is InChI=1S/C24H29N3O4/c1-4-5-13-25(24(30)20-11-6-7-12-21(20)31-3)15-22(28)26-16-23(29)27(17-26)19-10-8-9-18(2)14-19/h6-12,14H,4-5,13,15-17H2,1-3H3. The molecule has 3 rings (SSSR count). The van der Waals surface area contributed by atoms with Crippen LogP contribution in [0.25, 0.3) is 0 Å². The molecule has 7 heteroatoms. The molecule has 0 aromatic heterocycles. The summed E-state index contributed by atoms with van der Waals surface area (Å²) in [6.45, 7) is 4.58. The van der Waals surface area contributed by atoms with Crippen molar-refractivity contribution in [1.82, 2.24) is 9.80 Å². The van der Waals surface area contributed by atoms with Gasteiger partial charge in [0.25, 0.3) is 5.91 Å². The van der Waals surface area contributed by atoms with Crippen molar-refractivity contribution in [2.75, 3.05) is 38.3 Å². The third kappa shape index (κ3) is 5.23. The molecule has 1 heterocycles. The van der Waals surface area contributed by atoms with Gasteiger partial charge in [-0.1, -0.05) is 37.6 Å². The number of amides is 3. The predicted molar refractivity (Wildman–Crippen MR) is 119 cm³/mol. The maximum atomic E-state index is 13.2. The van der Waals surface area contributed by atoms with Gasteiger partial charge in [0, 0.05) is 12.2 Å². The van der Waals surface area contributed by atoms with Crippen molar-refractivity contribution in [3.63, 3.8) is 0 Å². The normalized spacial score (nSPS) is 13.5. The van der Waals surface area contributed by atoms with Gasteiger partial charge in [-0.15, -0.1) is 0 Å². The quantitative estimate of drug-likeness (QED) is 0.654. The Bertz CT molecular complexity index is 959. The van der Waals surface area contributed by atoms with Crippen molar-refractivity contribution in [3.8, 4) is 5.75 Å². The average molecular weight is 424 g/mol. The van der Waals surface area contributed by atoms with E-state index in [0.717, 1.165) is 24.1 Å². The van der Waals surface area contributed by atoms with E-state index in [9.17, 15) is 14.4 Å². The van der Waals surface area contributed by atoms with Crippen molar-refractivity contribution in [3.05, 3.63) is 59.7 Å². The molecule has 1 saturated heterocycles. The van der Waals surface area contributed by atoms with E-state index in [-0.39, 0.29) is 37.5 Å². The third-order valence-corrected chi connectivity index (χ3v) is 5.34. The number of nitrogens with zero attached hydrogens (tertiary/aromatic N) is 3. The zero-order valence-corrected chi connectivity index (χ0v) is 18.3. The molecule has 0 bridgehead atoms. The molecule has 1 fully saturated rings. The number of benzene rings is 2. The monoisotopic (exact) mass is 423 g/mol. The number of anilines is 1. The summed E-state index contributed by atoms with van der Waals surface area (Å²) in [6.07, 6.45) is 1.68. The van der Waals surface area contributed by atoms with Crippen LogP contribution in [0.3, 0.4) is 0 Å². The maximum Gasteiger partial charge on any atom is 0.258 e. The molecule has 0 unspecified atom stereocenters. The Morgan fingerprint density at radius 2 is 1.90 bits per heavy atom. The van der Waals surface area contributed by atoms with Crippen molar-refractivity contribution in [2.45, 2.75) is 26.7 Å². The summed E-state index contributed by atoms with van der Waals surface area (Å²) in [5, 5.41) is 0. The minimum absolute atomic E-state index is 0.0112. The maximum absolute atomic E-state index is 13.2. The Kier molecular flexibility index (Phi) is 7.28. The van der Waals surface area contributed by atoms with Gasteiger partial charge in [-0.3, -0.25) is 19.3 Å². The average Bonchev–Trinajstić information content (AvgIpc) is 3.17. The van der Waals surface area contributed by atoms with Crippen LogP contribution in [0.5, 0.6) is 5.75 Å². The largest absolute Gasteiger partial charge is 0.496 e. The molecule has 0 N–H and O–H groups in total. The molecule has 164 valence electrons. The van der Waals surface area contributed by atoms with Gasteiger partial charge in [-0.25, -0.2) is 0 Å². The molecule has 0 saturated carbocycles. The van der Waals surface area contributed by atoms with Crippen LogP contribution in [-0.2, 0) is 9.59 Å². The first-order chi connectivity index (χ1) is 14.9. The van der Waals surface area contributed by atoms with Gasteiger partial charge in [-0.2, -0.15) is 0 Å². The predicted octanol–water partition coefficient (Wildman–Crippen LogP) is 3.08. The molecule has 1 aliphatic rings. The van der Waals surface area contributed by atoms with Crippen molar-refractivity contribution in [2.24, 2.45) is 0 Å². The van der Waals surface area contributed by atoms with E-state index in [0.29, 0.717) is 17.9 Å². The number of carbonyl (C=O) groups is 3. The van der Waals surface area contributed by atoms with Crippen LogP contribution < -0.4 is 9.64 Å². The minimum atomic E-state index is -0.250. The number of ether oxygens (including phenoxy) is 1. The lowest BCUT2D eigenvalue weighted by molar-refractivity contribution is -0.132. The summed E-state index contributed by atoms with van der Waals surface area (Å²) >= 11 is 0. The molecule has 1 aliphatic heterocycles. The number of methoxy groups -OCH3 is 1. The molecule has 3 amide bonds. The summed E-state index contributed by atoms with van der Waals surface area (Å²) in [4.78, 5) is 43.4. The van der Waals surface area contributed by atoms with Gasteiger partial charge in [0.05, 0.1) is 12.7 Å². The van der Waals surface area contributed by atoms with E-state index >= 15 is 0 Å². The third-order valence-electron chi connectivity index (χ3n) is 5.34. The molecule has 31 heavy (non-hydrogen) atoms. The van der Waals surface area contributed by atoms with Gasteiger partial charge in [0.2, 0.25) is 11.8 Å². The Morgan fingerprint density at radius 3 is 2.61 bits per heavy atom. The zero-order chi connectivity index (χ0) is 22.4. The molecule has 0 radical (unpaired) electrons. The molecular formula is C24H29N3O4. The van der Waals surface area contributed by atoms with Gasteiger partial charge in [0.15, 0.2) is 0 Å². The highest BCUT2D eigenvalue weighted by Gasteiger charge is 2.33. The summed E-state index contributed by atoms with van der Waals surface area (Å²) in [5.74, 6) is -0.151. The SMILES string of the molecule is CCCCN(CC(=O)N1CC(=O)N(c2cccc(C)c2)C1)C(=O)c1ccccc1OC. The fourth-order valence-electron chi connectivity index (χ4n) is 3.59. The van der Waals surface area contributed by atoms with E-state index in [4.69, 9.17) is 4.74 Å². The van der Waals surface area contributed by atoms with E-state index < -0.39 is 0 Å². The smallest absolute Gasteiger partial charge is 0.258 e. The molecule has 0 aliphatic carbocycles. The van der Waals surface area contributed by atoms with Crippen LogP contribution in [0.2, 0.25) is 0 Å². The number of rotatable bonds is 8. The first kappa shape index (κ1) is 22.3. The Labute approximate surface area is 183 Å². The molecule has 0 atom stereocenters. The summed E-state index contributed by atoms with van der Waals surface area (Å²) in [6, 6.07) is 14.6. The lowest BCUT2D eigenvalue weighted by Gasteiger charge is -2.25. The lowest BCUT2D eigenvalue weighted by atomic mass is 10.1. The van der Waals surface area contributed by atoms with Crippen LogP contribution in [0.4, 0.5) is 5.69 Å². The Morgan fingerprint density at radius 1 is 1.13 bits per heavy atom. The molecule has 7 nitrogen and oxygen atoms in total. The minimum Gasteiger partial charge on any atom is -0.496 e. The van der Waals surface area contributed by atoms with E-state index in [1.54, 1.807) is 34.1 Å².